The van der Waals surface area contributed by atoms with E-state index in [0.717, 1.165) is 20.3 Å². The molecule has 0 aromatic heterocycles. The standard InChI is InChI=1S/C25H32BIN2O4/c1-8-20(25(4,5)6)29(24(31)18-12-15(2)11-16(3)13-18)28-23(30)19-10-9-17-14-33-26(32)21(17)22(19)27-7/h9-13,20,32H,7-8,14H2,1-6H3,(H,28,30)/t20-/m1/s1. The minimum absolute atomic E-state index is 0.226. The largest absolute Gasteiger partial charge is 0.492 e. The minimum Gasteiger partial charge on any atom is -0.423 e. The number of aryl methyl sites for hydroxylation is 2. The van der Waals surface area contributed by atoms with E-state index in [9.17, 15) is 14.6 Å². The predicted molar refractivity (Wildman–Crippen MR) is 142 cm³/mol. The van der Waals surface area contributed by atoms with E-state index in [1.165, 1.54) is 5.01 Å². The Balaban J connectivity index is 2.04. The molecule has 2 amide bonds. The van der Waals surface area contributed by atoms with Crippen molar-refractivity contribution in [1.29, 1.82) is 0 Å². The Kier molecular flexibility index (Phi) is 7.81. The zero-order valence-electron chi connectivity index (χ0n) is 20.2. The van der Waals surface area contributed by atoms with E-state index in [4.69, 9.17) is 4.65 Å². The van der Waals surface area contributed by atoms with Gasteiger partial charge in [0.1, 0.15) is 0 Å². The highest BCUT2D eigenvalue weighted by Gasteiger charge is 2.36. The van der Waals surface area contributed by atoms with Crippen molar-refractivity contribution < 1.29 is 19.3 Å². The second-order valence-corrected chi connectivity index (χ2v) is 11.4. The van der Waals surface area contributed by atoms with Gasteiger partial charge in [-0.05, 0) is 49.4 Å². The Morgan fingerprint density at radius 3 is 2.42 bits per heavy atom. The third-order valence-electron chi connectivity index (χ3n) is 5.90. The molecule has 1 aliphatic rings. The van der Waals surface area contributed by atoms with Crippen molar-refractivity contribution in [3.05, 3.63) is 61.7 Å². The lowest BCUT2D eigenvalue weighted by molar-refractivity contribution is 0.0284. The first-order valence-electron chi connectivity index (χ1n) is 11.0. The number of hydrogen-bond acceptors (Lipinski definition) is 4. The van der Waals surface area contributed by atoms with Gasteiger partial charge in [-0.2, -0.15) is 0 Å². The summed E-state index contributed by atoms with van der Waals surface area (Å²) in [7, 11) is -1.05. The van der Waals surface area contributed by atoms with Gasteiger partial charge in [0.2, 0.25) is 0 Å². The number of carbonyl (C=O) groups is 2. The van der Waals surface area contributed by atoms with E-state index in [1.807, 2.05) is 39.0 Å². The third kappa shape index (κ3) is 5.39. The van der Waals surface area contributed by atoms with Crippen LogP contribution in [0.4, 0.5) is 0 Å². The SMILES string of the molecule is C=Ic1c(C(=O)NN(C(=O)c2cc(C)cc(C)c2)[C@H](CC)C(C)(C)C)ccc2c1B(O)OC2. The lowest BCUT2D eigenvalue weighted by Crippen LogP contribution is -2.56. The maximum absolute atomic E-state index is 13.7. The maximum atomic E-state index is 13.7. The highest BCUT2D eigenvalue weighted by Crippen LogP contribution is 2.28. The molecule has 176 valence electrons. The number of hydrazine groups is 1. The van der Waals surface area contributed by atoms with Gasteiger partial charge in [-0.25, -0.2) is 5.01 Å². The zero-order valence-corrected chi connectivity index (χ0v) is 22.3. The fourth-order valence-corrected chi connectivity index (χ4v) is 6.32. The summed E-state index contributed by atoms with van der Waals surface area (Å²) < 4.78 is 10.2. The summed E-state index contributed by atoms with van der Waals surface area (Å²) in [6, 6.07) is 9.03. The number of amides is 2. The van der Waals surface area contributed by atoms with Gasteiger partial charge in [0, 0.05) is 14.6 Å². The van der Waals surface area contributed by atoms with Crippen LogP contribution in [0.2, 0.25) is 0 Å². The monoisotopic (exact) mass is 562 g/mol. The van der Waals surface area contributed by atoms with Crippen molar-refractivity contribution in [3.8, 4) is 0 Å². The number of carbonyl (C=O) groups excluding carboxylic acids is 2. The van der Waals surface area contributed by atoms with Crippen LogP contribution in [0, 0.1) is 22.8 Å². The van der Waals surface area contributed by atoms with Crippen LogP contribution >= 0.6 is 20.7 Å². The van der Waals surface area contributed by atoms with E-state index in [0.29, 0.717) is 29.6 Å². The number of benzene rings is 2. The van der Waals surface area contributed by atoms with Crippen LogP contribution in [0.5, 0.6) is 0 Å². The highest BCUT2D eigenvalue weighted by molar-refractivity contribution is 14.2. The molecule has 1 heterocycles. The average Bonchev–Trinajstić information content (AvgIpc) is 3.11. The summed E-state index contributed by atoms with van der Waals surface area (Å²) in [6.07, 6.45) is 0.673. The second-order valence-electron chi connectivity index (χ2n) is 9.58. The summed E-state index contributed by atoms with van der Waals surface area (Å²) >= 11 is -0.770. The molecule has 0 saturated heterocycles. The smallest absolute Gasteiger partial charge is 0.423 e. The molecule has 0 bridgehead atoms. The first kappa shape index (κ1) is 25.6. The Hall–Kier alpha value is -2.04. The van der Waals surface area contributed by atoms with Crippen LogP contribution in [0.15, 0.2) is 30.3 Å². The molecule has 0 radical (unpaired) electrons. The van der Waals surface area contributed by atoms with Crippen LogP contribution in [-0.4, -0.2) is 39.5 Å². The predicted octanol–water partition coefficient (Wildman–Crippen LogP) is 3.71. The number of fused-ring (bicyclic) bond motifs is 1. The molecule has 2 aromatic rings. The summed E-state index contributed by atoms with van der Waals surface area (Å²) in [6.45, 7) is 12.4. The van der Waals surface area contributed by atoms with Gasteiger partial charge in [-0.1, -0.05) is 76.2 Å². The molecular formula is C25H32BIN2O4. The third-order valence-corrected chi connectivity index (χ3v) is 7.82. The van der Waals surface area contributed by atoms with E-state index in [-0.39, 0.29) is 23.3 Å². The molecule has 0 unspecified atom stereocenters. The quantitative estimate of drug-likeness (QED) is 0.331. The van der Waals surface area contributed by atoms with Crippen LogP contribution in [0.1, 0.15) is 71.5 Å². The molecule has 2 N–H and O–H groups in total. The lowest BCUT2D eigenvalue weighted by Gasteiger charge is -2.39. The van der Waals surface area contributed by atoms with Crippen LogP contribution in [0.3, 0.4) is 0 Å². The minimum atomic E-state index is -1.05. The van der Waals surface area contributed by atoms with Crippen molar-refractivity contribution >= 4 is 49.6 Å². The van der Waals surface area contributed by atoms with E-state index in [1.54, 1.807) is 12.1 Å². The molecule has 1 aliphatic heterocycles. The fourth-order valence-electron chi connectivity index (χ4n) is 4.46. The number of rotatable bonds is 5. The molecule has 0 saturated carbocycles. The second kappa shape index (κ2) is 10.1. The first-order valence-corrected chi connectivity index (χ1v) is 13.6. The maximum Gasteiger partial charge on any atom is 0.492 e. The van der Waals surface area contributed by atoms with Gasteiger partial charge >= 0.3 is 7.12 Å². The van der Waals surface area contributed by atoms with Gasteiger partial charge in [0.25, 0.3) is 11.8 Å². The molecule has 33 heavy (non-hydrogen) atoms. The molecule has 0 aliphatic carbocycles. The number of nitrogens with one attached hydrogen (secondary N) is 1. The number of hydrogen-bond donors (Lipinski definition) is 2. The van der Waals surface area contributed by atoms with Crippen LogP contribution in [0.25, 0.3) is 0 Å². The van der Waals surface area contributed by atoms with E-state index < -0.39 is 27.8 Å². The molecule has 8 heteroatoms. The Labute approximate surface area is 206 Å². The van der Waals surface area contributed by atoms with Crippen molar-refractivity contribution in [2.45, 2.75) is 60.6 Å². The molecule has 2 aromatic carbocycles. The zero-order chi connectivity index (χ0) is 24.5. The van der Waals surface area contributed by atoms with E-state index >= 15 is 0 Å². The van der Waals surface area contributed by atoms with Gasteiger partial charge in [0.05, 0.1) is 18.2 Å². The van der Waals surface area contributed by atoms with Crippen molar-refractivity contribution in [3.63, 3.8) is 0 Å². The Morgan fingerprint density at radius 2 is 1.88 bits per heavy atom. The molecule has 3 rings (SSSR count). The Bertz CT molecular complexity index is 1080. The van der Waals surface area contributed by atoms with Gasteiger partial charge < -0.3 is 9.68 Å². The van der Waals surface area contributed by atoms with Crippen LogP contribution in [-0.2, 0) is 11.3 Å². The summed E-state index contributed by atoms with van der Waals surface area (Å²) in [5.74, 6) is -0.622. The number of halogens is 1. The topological polar surface area (TPSA) is 78.9 Å². The molecule has 6 nitrogen and oxygen atoms in total. The van der Waals surface area contributed by atoms with E-state index in [2.05, 4.69) is 30.7 Å². The number of nitrogens with zero attached hydrogens (tertiary/aromatic N) is 1. The normalized spacial score (nSPS) is 14.1. The summed E-state index contributed by atoms with van der Waals surface area (Å²) in [4.78, 5) is 27.2. The Morgan fingerprint density at radius 1 is 1.24 bits per heavy atom. The van der Waals surface area contributed by atoms with Gasteiger partial charge in [-0.15, -0.1) is 0 Å². The first-order chi connectivity index (χ1) is 15.5. The van der Waals surface area contributed by atoms with Crippen molar-refractivity contribution in [2.75, 3.05) is 0 Å². The lowest BCUT2D eigenvalue weighted by atomic mass is 9.78. The molecular weight excluding hydrogens is 530 g/mol. The fraction of sp³-hybridized carbons (Fsp3) is 0.400. The summed E-state index contributed by atoms with van der Waals surface area (Å²) in [5.41, 5.74) is 7.14. The average molecular weight is 562 g/mol. The molecule has 1 atom stereocenters. The van der Waals surface area contributed by atoms with Gasteiger partial charge in [-0.3, -0.25) is 15.0 Å². The molecule has 0 fully saturated rings. The van der Waals surface area contributed by atoms with Crippen molar-refractivity contribution in [1.82, 2.24) is 10.4 Å². The van der Waals surface area contributed by atoms with Crippen molar-refractivity contribution in [2.24, 2.45) is 5.41 Å². The highest BCUT2D eigenvalue weighted by atomic mass is 127. The van der Waals surface area contributed by atoms with Crippen LogP contribution < -0.4 is 10.9 Å². The molecule has 0 spiro atoms. The van der Waals surface area contributed by atoms with Gasteiger partial charge in [0.15, 0.2) is 0 Å². The summed E-state index contributed by atoms with van der Waals surface area (Å²) in [5, 5.41) is 11.8.